The van der Waals surface area contributed by atoms with Crippen LogP contribution in [0.5, 0.6) is 0 Å². The molecule has 0 unspecified atom stereocenters. The van der Waals surface area contributed by atoms with Gasteiger partial charge in [-0.25, -0.2) is 31.5 Å². The van der Waals surface area contributed by atoms with Crippen molar-refractivity contribution in [2.24, 2.45) is 0 Å². The van der Waals surface area contributed by atoms with Gasteiger partial charge in [-0.1, -0.05) is 26.0 Å². The van der Waals surface area contributed by atoms with E-state index in [4.69, 9.17) is 4.42 Å². The monoisotopic (exact) mass is 638 g/mol. The van der Waals surface area contributed by atoms with E-state index in [1.54, 1.807) is 24.3 Å². The van der Waals surface area contributed by atoms with Crippen molar-refractivity contribution in [3.63, 3.8) is 0 Å². The summed E-state index contributed by atoms with van der Waals surface area (Å²) in [4.78, 5) is 26.0. The highest BCUT2D eigenvalue weighted by atomic mass is 79.9. The number of piperidine rings is 1. The minimum absolute atomic E-state index is 0.00858. The van der Waals surface area contributed by atoms with E-state index in [1.807, 2.05) is 13.8 Å². The minimum atomic E-state index is -3.26. The number of nitrogens with zero attached hydrogens (tertiary/aromatic N) is 5. The van der Waals surface area contributed by atoms with Crippen LogP contribution in [0, 0.1) is 0 Å². The summed E-state index contributed by atoms with van der Waals surface area (Å²) >= 11 is 3.21. The Kier molecular flexibility index (Phi) is 9.31. The van der Waals surface area contributed by atoms with Crippen LogP contribution in [0.4, 0.5) is 14.7 Å². The van der Waals surface area contributed by atoms with Crippen LogP contribution >= 0.6 is 15.9 Å². The van der Waals surface area contributed by atoms with Gasteiger partial charge in [0.1, 0.15) is 5.65 Å². The number of oxazole rings is 1. The number of halogens is 3. The number of nitrogens with one attached hydrogen (secondary N) is 1. The molecule has 0 atom stereocenters. The highest BCUT2D eigenvalue weighted by molar-refractivity contribution is 9.10. The number of sulfonamides is 1. The average Bonchev–Trinajstić information content (AvgIpc) is 3.37. The summed E-state index contributed by atoms with van der Waals surface area (Å²) in [6, 6.07) is 8.10. The van der Waals surface area contributed by atoms with Crippen LogP contribution in [0.2, 0.25) is 0 Å². The van der Waals surface area contributed by atoms with Gasteiger partial charge in [0.25, 0.3) is 12.0 Å². The second kappa shape index (κ2) is 12.5. The molecule has 40 heavy (non-hydrogen) atoms. The number of rotatable bonds is 7. The molecule has 0 spiro atoms. The first-order valence-corrected chi connectivity index (χ1v) is 15.3. The molecule has 1 fully saturated rings. The molecule has 0 aliphatic carbocycles. The lowest BCUT2D eigenvalue weighted by Crippen LogP contribution is -2.42. The molecule has 1 saturated heterocycles. The Hall–Kier alpha value is -3.23. The van der Waals surface area contributed by atoms with E-state index in [0.29, 0.717) is 53.0 Å². The van der Waals surface area contributed by atoms with Crippen molar-refractivity contribution >= 4 is 42.9 Å². The standard InChI is InChI=1S/C24H23BrF2N6O4S.C2H6/c1-38(35,36)32-8-6-17(7-9-32)30-24-29-11-16-10-18(20(26)27)23(34)33(21(16)31-24)13-14-2-4-15(5-3-14)22-28-12-19(25)37-22;1-2/h2-5,10-12,17,20H,6-9,13H2,1H3,(H,29,30,31);1-2H3. The van der Waals surface area contributed by atoms with Crippen molar-refractivity contribution in [3.8, 4) is 11.5 Å². The third-order valence-electron chi connectivity index (χ3n) is 6.37. The fraction of sp³-hybridized carbons (Fsp3) is 0.385. The van der Waals surface area contributed by atoms with Gasteiger partial charge in [-0.3, -0.25) is 9.36 Å². The molecular formula is C26H29BrF2N6O4S. The summed E-state index contributed by atoms with van der Waals surface area (Å²) in [6.45, 7) is 4.74. The van der Waals surface area contributed by atoms with Crippen LogP contribution < -0.4 is 10.9 Å². The molecule has 0 bridgehead atoms. The van der Waals surface area contributed by atoms with Crippen LogP contribution in [0.1, 0.15) is 44.2 Å². The van der Waals surface area contributed by atoms with Crippen molar-refractivity contribution in [2.75, 3.05) is 24.7 Å². The number of aromatic nitrogens is 4. The fourth-order valence-corrected chi connectivity index (χ4v) is 5.52. The number of hydrogen-bond acceptors (Lipinski definition) is 8. The topological polar surface area (TPSA) is 123 Å². The highest BCUT2D eigenvalue weighted by Crippen LogP contribution is 2.24. The fourth-order valence-electron chi connectivity index (χ4n) is 4.39. The summed E-state index contributed by atoms with van der Waals surface area (Å²) in [5.41, 5.74) is 0.158. The predicted octanol–water partition coefficient (Wildman–Crippen LogP) is 5.06. The molecule has 1 aliphatic heterocycles. The zero-order valence-corrected chi connectivity index (χ0v) is 24.5. The van der Waals surface area contributed by atoms with Crippen LogP contribution in [0.25, 0.3) is 22.5 Å². The molecule has 0 saturated carbocycles. The molecule has 14 heteroatoms. The summed E-state index contributed by atoms with van der Waals surface area (Å²) in [5.74, 6) is 0.648. The van der Waals surface area contributed by atoms with Gasteiger partial charge in [0.2, 0.25) is 21.9 Å². The second-order valence-electron chi connectivity index (χ2n) is 9.01. The Balaban J connectivity index is 0.00000181. The predicted molar refractivity (Wildman–Crippen MR) is 152 cm³/mol. The molecule has 1 aliphatic rings. The quantitative estimate of drug-likeness (QED) is 0.298. The molecular weight excluding hydrogens is 610 g/mol. The third kappa shape index (κ3) is 6.73. The van der Waals surface area contributed by atoms with E-state index < -0.39 is 27.6 Å². The molecule has 0 radical (unpaired) electrons. The van der Waals surface area contributed by atoms with Crippen molar-refractivity contribution in [1.29, 1.82) is 0 Å². The zero-order chi connectivity index (χ0) is 29.0. The van der Waals surface area contributed by atoms with Crippen LogP contribution in [-0.2, 0) is 16.6 Å². The van der Waals surface area contributed by atoms with Crippen LogP contribution in [0.3, 0.4) is 0 Å². The maximum Gasteiger partial charge on any atom is 0.269 e. The van der Waals surface area contributed by atoms with Gasteiger partial charge >= 0.3 is 0 Å². The molecule has 10 nitrogen and oxygen atoms in total. The van der Waals surface area contributed by atoms with Gasteiger partial charge in [0.05, 0.1) is 24.6 Å². The first-order chi connectivity index (χ1) is 19.1. The molecule has 3 aromatic heterocycles. The Morgan fingerprint density at radius 3 is 2.38 bits per heavy atom. The summed E-state index contributed by atoms with van der Waals surface area (Å²) in [6.07, 6.45) is 2.27. The van der Waals surface area contributed by atoms with E-state index in [9.17, 15) is 22.0 Å². The van der Waals surface area contributed by atoms with Crippen LogP contribution in [0.15, 0.2) is 56.6 Å². The summed E-state index contributed by atoms with van der Waals surface area (Å²) in [7, 11) is -3.26. The minimum Gasteiger partial charge on any atom is -0.429 e. The lowest BCUT2D eigenvalue weighted by Gasteiger charge is -2.30. The Morgan fingerprint density at radius 2 is 1.80 bits per heavy atom. The zero-order valence-electron chi connectivity index (χ0n) is 22.1. The second-order valence-corrected chi connectivity index (χ2v) is 11.8. The number of hydrogen-bond donors (Lipinski definition) is 1. The van der Waals surface area contributed by atoms with Crippen molar-refractivity contribution < 1.29 is 21.6 Å². The van der Waals surface area contributed by atoms with Gasteiger partial charge in [0.15, 0.2) is 4.67 Å². The van der Waals surface area contributed by atoms with E-state index >= 15 is 0 Å². The van der Waals surface area contributed by atoms with E-state index in [0.717, 1.165) is 6.07 Å². The largest absolute Gasteiger partial charge is 0.429 e. The van der Waals surface area contributed by atoms with E-state index in [1.165, 1.54) is 27.5 Å². The molecule has 0 amide bonds. The normalized spacial score (nSPS) is 14.8. The Morgan fingerprint density at radius 1 is 1.12 bits per heavy atom. The maximum atomic E-state index is 13.7. The highest BCUT2D eigenvalue weighted by Gasteiger charge is 2.25. The lowest BCUT2D eigenvalue weighted by atomic mass is 10.1. The van der Waals surface area contributed by atoms with Crippen molar-refractivity contribution in [3.05, 3.63) is 68.9 Å². The first kappa shape index (κ1) is 29.7. The van der Waals surface area contributed by atoms with Crippen molar-refractivity contribution in [2.45, 2.75) is 45.7 Å². The average molecular weight is 640 g/mol. The third-order valence-corrected chi connectivity index (χ3v) is 8.03. The van der Waals surface area contributed by atoms with E-state index in [-0.39, 0.29) is 24.2 Å². The van der Waals surface area contributed by atoms with Gasteiger partial charge in [-0.15, -0.1) is 0 Å². The van der Waals surface area contributed by atoms with Gasteiger partial charge in [-0.05, 0) is 52.5 Å². The number of fused-ring (bicyclic) bond motifs is 1. The van der Waals surface area contributed by atoms with Gasteiger partial charge in [-0.2, -0.15) is 4.98 Å². The number of anilines is 1. The number of pyridine rings is 1. The van der Waals surface area contributed by atoms with Crippen molar-refractivity contribution in [1.82, 2.24) is 23.8 Å². The van der Waals surface area contributed by atoms with Gasteiger partial charge in [0, 0.05) is 36.3 Å². The summed E-state index contributed by atoms with van der Waals surface area (Å²) in [5, 5.41) is 3.50. The summed E-state index contributed by atoms with van der Waals surface area (Å²) < 4.78 is 59.5. The van der Waals surface area contributed by atoms with Gasteiger partial charge < -0.3 is 9.73 Å². The lowest BCUT2D eigenvalue weighted by molar-refractivity contribution is 0.149. The number of alkyl halides is 2. The molecule has 1 N–H and O–H groups in total. The van der Waals surface area contributed by atoms with E-state index in [2.05, 4.69) is 36.2 Å². The molecule has 4 aromatic rings. The number of benzene rings is 1. The SMILES string of the molecule is CC.CS(=O)(=O)N1CCC(Nc2ncc3cc(C(F)F)c(=O)n(Cc4ccc(-c5ncc(Br)o5)cc4)c3n2)CC1. The Bertz CT molecular complexity index is 1640. The smallest absolute Gasteiger partial charge is 0.269 e. The molecule has 214 valence electrons. The maximum absolute atomic E-state index is 13.7. The molecule has 1 aromatic carbocycles. The van der Waals surface area contributed by atoms with Crippen LogP contribution in [-0.4, -0.2) is 57.6 Å². The first-order valence-electron chi connectivity index (χ1n) is 12.7. The molecule has 4 heterocycles. The Labute approximate surface area is 238 Å². The molecule has 5 rings (SSSR count).